The molecule has 0 bridgehead atoms. The number of nitrogens with two attached hydrogens (primary N) is 1. The smallest absolute Gasteiger partial charge is 0.380 e. The molecule has 40 heavy (non-hydrogen) atoms. The molecule has 1 amide bonds. The minimum absolute atomic E-state index is 0.126. The normalized spacial score (nSPS) is 15.1. The highest BCUT2D eigenvalue weighted by molar-refractivity contribution is 6.03. The Morgan fingerprint density at radius 2 is 1.88 bits per heavy atom. The van der Waals surface area contributed by atoms with E-state index >= 15 is 0 Å². The first-order valence-electron chi connectivity index (χ1n) is 12.8. The van der Waals surface area contributed by atoms with Crippen LogP contribution in [-0.4, -0.2) is 25.8 Å². The van der Waals surface area contributed by atoms with Crippen molar-refractivity contribution in [2.75, 3.05) is 5.32 Å². The highest BCUT2D eigenvalue weighted by Gasteiger charge is 2.37. The SMILES string of the molecule is NCc1cccc(-n2nc(C(F)(F)F)cc2C(=O)Nc2cc([C@@](O)(CCC3CC3)c3cccnc3)ccc2F)c1. The Hall–Kier alpha value is -4.09. The maximum Gasteiger partial charge on any atom is 0.435 e. The summed E-state index contributed by atoms with van der Waals surface area (Å²) in [6, 6.07) is 14.1. The van der Waals surface area contributed by atoms with Gasteiger partial charge in [-0.25, -0.2) is 9.07 Å². The van der Waals surface area contributed by atoms with E-state index < -0.39 is 34.9 Å². The highest BCUT2D eigenvalue weighted by atomic mass is 19.4. The molecule has 4 N–H and O–H groups in total. The van der Waals surface area contributed by atoms with Crippen LogP contribution in [0.2, 0.25) is 0 Å². The number of alkyl halides is 3. The Morgan fingerprint density at radius 3 is 2.55 bits per heavy atom. The third kappa shape index (κ3) is 5.75. The number of rotatable bonds is 9. The molecule has 0 unspecified atom stereocenters. The predicted octanol–water partition coefficient (Wildman–Crippen LogP) is 5.56. The van der Waals surface area contributed by atoms with Gasteiger partial charge in [-0.05, 0) is 60.2 Å². The van der Waals surface area contributed by atoms with Crippen molar-refractivity contribution < 1.29 is 27.5 Å². The molecule has 2 aromatic carbocycles. The maximum atomic E-state index is 15.0. The molecule has 0 saturated heterocycles. The van der Waals surface area contributed by atoms with Crippen LogP contribution in [0, 0.1) is 11.7 Å². The zero-order valence-electron chi connectivity index (χ0n) is 21.3. The number of halogens is 4. The standard InChI is InChI=1S/C29H27F4N5O2/c30-23-9-8-20(28(40,11-10-18-6-7-18)21-4-2-12-35-17-21)14-24(23)36-27(39)25-15-26(29(31,32)33)37-38(25)22-5-1-3-19(13-22)16-34/h1-5,8-9,12-15,17-18,40H,6-7,10-11,16,34H2,(H,36,39)/t28-/m0/s1. The van der Waals surface area contributed by atoms with Crippen molar-refractivity contribution in [2.45, 2.75) is 44.0 Å². The Morgan fingerprint density at radius 1 is 1.07 bits per heavy atom. The summed E-state index contributed by atoms with van der Waals surface area (Å²) in [7, 11) is 0. The molecule has 4 aromatic rings. The molecule has 2 aromatic heterocycles. The molecule has 1 fully saturated rings. The minimum Gasteiger partial charge on any atom is -0.380 e. The van der Waals surface area contributed by atoms with Crippen LogP contribution in [-0.2, 0) is 18.3 Å². The summed E-state index contributed by atoms with van der Waals surface area (Å²) in [6.45, 7) is 0.126. The van der Waals surface area contributed by atoms with Crippen molar-refractivity contribution in [1.82, 2.24) is 14.8 Å². The van der Waals surface area contributed by atoms with E-state index in [9.17, 15) is 27.5 Å². The Labute approximate surface area is 227 Å². The third-order valence-electron chi connectivity index (χ3n) is 7.07. The lowest BCUT2D eigenvalue weighted by Crippen LogP contribution is -2.28. The first-order chi connectivity index (χ1) is 19.1. The lowest BCUT2D eigenvalue weighted by atomic mass is 9.82. The van der Waals surface area contributed by atoms with Gasteiger partial charge >= 0.3 is 6.18 Å². The topological polar surface area (TPSA) is 106 Å². The second kappa shape index (κ2) is 10.8. The van der Waals surface area contributed by atoms with Crippen LogP contribution in [0.4, 0.5) is 23.2 Å². The summed E-state index contributed by atoms with van der Waals surface area (Å²) in [5, 5.41) is 17.8. The van der Waals surface area contributed by atoms with Crippen molar-refractivity contribution in [3.63, 3.8) is 0 Å². The predicted molar refractivity (Wildman–Crippen MR) is 140 cm³/mol. The van der Waals surface area contributed by atoms with Crippen LogP contribution in [0.5, 0.6) is 0 Å². The highest BCUT2D eigenvalue weighted by Crippen LogP contribution is 2.41. The summed E-state index contributed by atoms with van der Waals surface area (Å²) in [6.07, 6.45) is 1.53. The lowest BCUT2D eigenvalue weighted by Gasteiger charge is -2.30. The molecule has 0 radical (unpaired) electrons. The Balaban J connectivity index is 1.51. The number of carbonyl (C=O) groups is 1. The Bertz CT molecular complexity index is 1520. The first kappa shape index (κ1) is 27.5. The fourth-order valence-electron chi connectivity index (χ4n) is 4.64. The number of benzene rings is 2. The largest absolute Gasteiger partial charge is 0.435 e. The van der Waals surface area contributed by atoms with E-state index in [4.69, 9.17) is 5.73 Å². The van der Waals surface area contributed by atoms with Crippen molar-refractivity contribution in [3.05, 3.63) is 107 Å². The number of aromatic nitrogens is 3. The minimum atomic E-state index is -4.82. The van der Waals surface area contributed by atoms with Crippen LogP contribution >= 0.6 is 0 Å². The van der Waals surface area contributed by atoms with E-state index in [0.29, 0.717) is 35.1 Å². The number of nitrogens with one attached hydrogen (secondary N) is 1. The van der Waals surface area contributed by atoms with Gasteiger partial charge < -0.3 is 16.2 Å². The van der Waals surface area contributed by atoms with Crippen molar-refractivity contribution in [2.24, 2.45) is 11.7 Å². The summed E-state index contributed by atoms with van der Waals surface area (Å²) >= 11 is 0. The van der Waals surface area contributed by atoms with Gasteiger partial charge in [0, 0.05) is 30.6 Å². The number of hydrogen-bond donors (Lipinski definition) is 3. The second-order valence-electron chi connectivity index (χ2n) is 9.93. The number of pyridine rings is 1. The van der Waals surface area contributed by atoms with Gasteiger partial charge in [-0.3, -0.25) is 9.78 Å². The quantitative estimate of drug-likeness (QED) is 0.235. The van der Waals surface area contributed by atoms with E-state index in [1.54, 1.807) is 30.5 Å². The molecule has 1 aliphatic carbocycles. The molecule has 7 nitrogen and oxygen atoms in total. The molecular formula is C29H27F4N5O2. The van der Waals surface area contributed by atoms with Crippen molar-refractivity contribution >= 4 is 11.6 Å². The van der Waals surface area contributed by atoms with Gasteiger partial charge in [0.2, 0.25) is 0 Å². The molecule has 208 valence electrons. The van der Waals surface area contributed by atoms with Crippen LogP contribution in [0.15, 0.2) is 73.1 Å². The monoisotopic (exact) mass is 553 g/mol. The zero-order valence-corrected chi connectivity index (χ0v) is 21.3. The summed E-state index contributed by atoms with van der Waals surface area (Å²) in [5.41, 5.74) is 3.74. The number of hydrogen-bond acceptors (Lipinski definition) is 5. The zero-order chi connectivity index (χ0) is 28.5. The van der Waals surface area contributed by atoms with Crippen LogP contribution in [0.3, 0.4) is 0 Å². The number of aliphatic hydroxyl groups is 1. The number of carbonyl (C=O) groups excluding carboxylic acids is 1. The fraction of sp³-hybridized carbons (Fsp3) is 0.276. The van der Waals surface area contributed by atoms with Crippen LogP contribution < -0.4 is 11.1 Å². The van der Waals surface area contributed by atoms with Crippen molar-refractivity contribution in [3.8, 4) is 5.69 Å². The average Bonchev–Trinajstić information content (AvgIpc) is 3.67. The molecule has 1 atom stereocenters. The number of amides is 1. The second-order valence-corrected chi connectivity index (χ2v) is 9.93. The maximum absolute atomic E-state index is 15.0. The average molecular weight is 554 g/mol. The van der Waals surface area contributed by atoms with Gasteiger partial charge in [-0.1, -0.05) is 37.1 Å². The van der Waals surface area contributed by atoms with Gasteiger partial charge in [0.25, 0.3) is 5.91 Å². The van der Waals surface area contributed by atoms with E-state index in [1.807, 2.05) is 0 Å². The Kier molecular flexibility index (Phi) is 7.43. The van der Waals surface area contributed by atoms with Crippen molar-refractivity contribution in [1.29, 1.82) is 0 Å². The molecular weight excluding hydrogens is 526 g/mol. The van der Waals surface area contributed by atoms with Gasteiger partial charge in [-0.15, -0.1) is 0 Å². The molecule has 2 heterocycles. The van der Waals surface area contributed by atoms with Crippen LogP contribution in [0.25, 0.3) is 5.69 Å². The molecule has 11 heteroatoms. The molecule has 5 rings (SSSR count). The molecule has 0 spiro atoms. The van der Waals surface area contributed by atoms with Gasteiger partial charge in [0.15, 0.2) is 5.69 Å². The molecule has 1 saturated carbocycles. The lowest BCUT2D eigenvalue weighted by molar-refractivity contribution is -0.141. The van der Waals surface area contributed by atoms with Crippen LogP contribution in [0.1, 0.15) is 58.6 Å². The fourth-order valence-corrected chi connectivity index (χ4v) is 4.64. The first-order valence-corrected chi connectivity index (χ1v) is 12.8. The molecule has 0 aliphatic heterocycles. The van der Waals surface area contributed by atoms with Gasteiger partial charge in [0.05, 0.1) is 11.4 Å². The van der Waals surface area contributed by atoms with E-state index in [0.717, 1.165) is 30.0 Å². The van der Waals surface area contributed by atoms with E-state index in [2.05, 4.69) is 15.4 Å². The number of nitrogens with zero attached hydrogens (tertiary/aromatic N) is 3. The summed E-state index contributed by atoms with van der Waals surface area (Å²) in [5.74, 6) is -1.33. The number of anilines is 1. The van der Waals surface area contributed by atoms with E-state index in [-0.39, 0.29) is 17.9 Å². The van der Waals surface area contributed by atoms with Gasteiger partial charge in [-0.2, -0.15) is 18.3 Å². The summed E-state index contributed by atoms with van der Waals surface area (Å²) in [4.78, 5) is 17.4. The third-order valence-corrected chi connectivity index (χ3v) is 7.07. The molecule has 1 aliphatic rings. The van der Waals surface area contributed by atoms with E-state index in [1.165, 1.54) is 30.5 Å². The van der Waals surface area contributed by atoms with Gasteiger partial charge in [0.1, 0.15) is 17.1 Å². The summed E-state index contributed by atoms with van der Waals surface area (Å²) < 4.78 is 56.5.